The van der Waals surface area contributed by atoms with Crippen LogP contribution in [0.25, 0.3) is 16.8 Å². The Kier molecular flexibility index (Phi) is 7.94. The van der Waals surface area contributed by atoms with Gasteiger partial charge in [0, 0.05) is 5.56 Å². The fourth-order valence-corrected chi connectivity index (χ4v) is 6.42. The fourth-order valence-electron chi connectivity index (χ4n) is 5.37. The average Bonchev–Trinajstić information content (AvgIpc) is 3.33. The van der Waals surface area contributed by atoms with Gasteiger partial charge in [-0.3, -0.25) is 9.36 Å². The van der Waals surface area contributed by atoms with Crippen LogP contribution in [-0.2, 0) is 16.1 Å². The summed E-state index contributed by atoms with van der Waals surface area (Å²) in [5.74, 6) is 0.795. The first kappa shape index (κ1) is 28.2. The van der Waals surface area contributed by atoms with Crippen molar-refractivity contribution >= 4 is 34.2 Å². The minimum atomic E-state index is -0.738. The molecule has 6 rings (SSSR count). The third-order valence-electron chi connectivity index (χ3n) is 7.40. The summed E-state index contributed by atoms with van der Waals surface area (Å²) in [5, 5.41) is 2.35. The summed E-state index contributed by atoms with van der Waals surface area (Å²) in [5.41, 5.74) is 3.23. The molecule has 0 fully saturated rings. The molecule has 0 bridgehead atoms. The number of ether oxygens (including phenoxy) is 3. The molecule has 0 N–H and O–H groups in total. The third-order valence-corrected chi connectivity index (χ3v) is 8.39. The van der Waals surface area contributed by atoms with Gasteiger partial charge in [0.15, 0.2) is 4.80 Å². The topological polar surface area (TPSA) is 79.1 Å². The fraction of sp³-hybridized carbons (Fsp3) is 0.171. The second kappa shape index (κ2) is 12.1. The highest BCUT2D eigenvalue weighted by atomic mass is 32.1. The predicted molar refractivity (Wildman–Crippen MR) is 168 cm³/mol. The van der Waals surface area contributed by atoms with Crippen LogP contribution in [-0.4, -0.2) is 24.3 Å². The second-order valence-corrected chi connectivity index (χ2v) is 11.0. The van der Waals surface area contributed by atoms with Gasteiger partial charge < -0.3 is 14.2 Å². The normalized spacial score (nSPS) is 14.8. The maximum atomic E-state index is 13.9. The van der Waals surface area contributed by atoms with Crippen molar-refractivity contribution in [3.05, 3.63) is 139 Å². The van der Waals surface area contributed by atoms with Crippen LogP contribution in [0.5, 0.6) is 11.5 Å². The monoisotopic (exact) mass is 590 g/mol. The molecule has 43 heavy (non-hydrogen) atoms. The lowest BCUT2D eigenvalue weighted by Gasteiger charge is -2.25. The van der Waals surface area contributed by atoms with Gasteiger partial charge >= 0.3 is 5.97 Å². The van der Waals surface area contributed by atoms with E-state index in [4.69, 9.17) is 14.2 Å². The molecule has 0 saturated heterocycles. The highest BCUT2D eigenvalue weighted by Gasteiger charge is 2.34. The Hall–Kier alpha value is -4.95. The first-order valence-corrected chi connectivity index (χ1v) is 14.8. The van der Waals surface area contributed by atoms with Crippen molar-refractivity contribution in [1.29, 1.82) is 0 Å². The number of nitrogens with zero attached hydrogens (tertiary/aromatic N) is 2. The standard InChI is InChI=1S/C35H30N2O5S/c1-4-41-34(39)31-22(2)36-35-37(32(31)28-14-7-8-15-29(28)40-3)33(38)30(43-35)20-23-16-18-26(19-17-23)42-21-25-12-9-11-24-10-5-6-13-27(24)25/h5-20,32H,4,21H2,1-3H3/b30-20-/t32-/m0/s1. The number of para-hydroxylation sites is 1. The molecule has 0 radical (unpaired) electrons. The van der Waals surface area contributed by atoms with Crippen LogP contribution < -0.4 is 24.4 Å². The summed E-state index contributed by atoms with van der Waals surface area (Å²) in [4.78, 5) is 32.2. The molecule has 0 spiro atoms. The van der Waals surface area contributed by atoms with Gasteiger partial charge in [-0.05, 0) is 60.0 Å². The highest BCUT2D eigenvalue weighted by Crippen LogP contribution is 2.35. The number of benzene rings is 4. The van der Waals surface area contributed by atoms with Gasteiger partial charge in [-0.15, -0.1) is 0 Å². The van der Waals surface area contributed by atoms with E-state index in [2.05, 4.69) is 29.3 Å². The van der Waals surface area contributed by atoms with Crippen LogP contribution in [0.1, 0.15) is 36.6 Å². The van der Waals surface area contributed by atoms with E-state index in [1.54, 1.807) is 25.5 Å². The number of rotatable bonds is 8. The number of methoxy groups -OCH3 is 1. The molecule has 0 saturated carbocycles. The third kappa shape index (κ3) is 5.49. The average molecular weight is 591 g/mol. The van der Waals surface area contributed by atoms with E-state index in [1.807, 2.05) is 72.8 Å². The number of fused-ring (bicyclic) bond motifs is 2. The van der Waals surface area contributed by atoms with Crippen molar-refractivity contribution in [2.45, 2.75) is 26.5 Å². The van der Waals surface area contributed by atoms with Crippen molar-refractivity contribution in [3.63, 3.8) is 0 Å². The van der Waals surface area contributed by atoms with Crippen LogP contribution in [0, 0.1) is 0 Å². The summed E-state index contributed by atoms with van der Waals surface area (Å²) in [6.07, 6.45) is 1.83. The summed E-state index contributed by atoms with van der Waals surface area (Å²) < 4.78 is 19.2. The van der Waals surface area contributed by atoms with Gasteiger partial charge in [0.05, 0.1) is 29.5 Å². The molecule has 2 heterocycles. The number of thiazole rings is 1. The van der Waals surface area contributed by atoms with Gasteiger partial charge in [-0.1, -0.05) is 84.1 Å². The Bertz CT molecular complexity index is 2030. The first-order valence-electron chi connectivity index (χ1n) is 14.0. The predicted octanol–water partition coefficient (Wildman–Crippen LogP) is 5.54. The van der Waals surface area contributed by atoms with Crippen molar-refractivity contribution in [3.8, 4) is 11.5 Å². The zero-order valence-corrected chi connectivity index (χ0v) is 24.9. The van der Waals surface area contributed by atoms with Gasteiger partial charge in [-0.2, -0.15) is 0 Å². The zero-order valence-electron chi connectivity index (χ0n) is 24.1. The number of esters is 1. The van der Waals surface area contributed by atoms with Crippen molar-refractivity contribution in [2.75, 3.05) is 13.7 Å². The Morgan fingerprint density at radius 2 is 1.72 bits per heavy atom. The van der Waals surface area contributed by atoms with E-state index in [0.717, 1.165) is 16.9 Å². The molecule has 0 aliphatic carbocycles. The van der Waals surface area contributed by atoms with Gasteiger partial charge in [-0.25, -0.2) is 9.79 Å². The molecule has 4 aromatic carbocycles. The lowest BCUT2D eigenvalue weighted by molar-refractivity contribution is -0.139. The summed E-state index contributed by atoms with van der Waals surface area (Å²) in [6.45, 7) is 4.18. The molecule has 5 aromatic rings. The van der Waals surface area contributed by atoms with Crippen molar-refractivity contribution < 1.29 is 19.0 Å². The van der Waals surface area contributed by atoms with E-state index >= 15 is 0 Å². The summed E-state index contributed by atoms with van der Waals surface area (Å²) in [7, 11) is 1.57. The zero-order chi connectivity index (χ0) is 29.9. The molecular weight excluding hydrogens is 560 g/mol. The lowest BCUT2D eigenvalue weighted by atomic mass is 9.95. The highest BCUT2D eigenvalue weighted by molar-refractivity contribution is 7.07. The van der Waals surface area contributed by atoms with Crippen LogP contribution >= 0.6 is 11.3 Å². The maximum Gasteiger partial charge on any atom is 0.338 e. The smallest absolute Gasteiger partial charge is 0.338 e. The second-order valence-electron chi connectivity index (χ2n) is 10.0. The molecule has 1 aliphatic rings. The van der Waals surface area contributed by atoms with E-state index < -0.39 is 12.0 Å². The molecule has 0 unspecified atom stereocenters. The quantitative estimate of drug-likeness (QED) is 0.222. The number of carbonyl (C=O) groups is 1. The van der Waals surface area contributed by atoms with Crippen molar-refractivity contribution in [2.24, 2.45) is 4.99 Å². The Balaban J connectivity index is 1.33. The number of aromatic nitrogens is 1. The van der Waals surface area contributed by atoms with Gasteiger partial charge in [0.25, 0.3) is 5.56 Å². The molecule has 8 heteroatoms. The number of hydrogen-bond acceptors (Lipinski definition) is 7. The molecular formula is C35H30N2O5S. The number of carbonyl (C=O) groups excluding carboxylic acids is 1. The van der Waals surface area contributed by atoms with Gasteiger partial charge in [0.2, 0.25) is 0 Å². The molecule has 1 atom stereocenters. The molecule has 0 amide bonds. The van der Waals surface area contributed by atoms with Crippen LogP contribution in [0.2, 0.25) is 0 Å². The molecule has 7 nitrogen and oxygen atoms in total. The molecule has 216 valence electrons. The largest absolute Gasteiger partial charge is 0.496 e. The summed E-state index contributed by atoms with van der Waals surface area (Å²) >= 11 is 1.28. The van der Waals surface area contributed by atoms with Crippen LogP contribution in [0.4, 0.5) is 0 Å². The Morgan fingerprint density at radius 3 is 2.51 bits per heavy atom. The Labute approximate surface area is 252 Å². The van der Waals surface area contributed by atoms with E-state index in [-0.39, 0.29) is 12.2 Å². The van der Waals surface area contributed by atoms with Crippen LogP contribution in [0.15, 0.2) is 112 Å². The van der Waals surface area contributed by atoms with E-state index in [1.165, 1.54) is 22.1 Å². The van der Waals surface area contributed by atoms with E-state index in [9.17, 15) is 9.59 Å². The number of hydrogen-bond donors (Lipinski definition) is 0. The van der Waals surface area contributed by atoms with Crippen LogP contribution in [0.3, 0.4) is 0 Å². The Morgan fingerprint density at radius 1 is 0.977 bits per heavy atom. The SMILES string of the molecule is CCOC(=O)C1=C(C)N=c2s/c(=C\c3ccc(OCc4cccc5ccccc45)cc3)c(=O)n2[C@H]1c1ccccc1OC. The number of allylic oxidation sites excluding steroid dienone is 1. The minimum Gasteiger partial charge on any atom is -0.496 e. The first-order chi connectivity index (χ1) is 21.0. The molecule has 1 aromatic heterocycles. The van der Waals surface area contributed by atoms with Crippen molar-refractivity contribution in [1.82, 2.24) is 4.57 Å². The minimum absolute atomic E-state index is 0.209. The van der Waals surface area contributed by atoms with E-state index in [0.29, 0.717) is 38.5 Å². The van der Waals surface area contributed by atoms with Gasteiger partial charge in [0.1, 0.15) is 24.1 Å². The summed E-state index contributed by atoms with van der Waals surface area (Å²) in [6, 6.07) is 28.7. The lowest BCUT2D eigenvalue weighted by Crippen LogP contribution is -2.40. The maximum absolute atomic E-state index is 13.9. The molecule has 1 aliphatic heterocycles.